The van der Waals surface area contributed by atoms with E-state index in [9.17, 15) is 4.79 Å². The van der Waals surface area contributed by atoms with Gasteiger partial charge in [0.05, 0.1) is 0 Å². The molecule has 2 heterocycles. The molecule has 1 N–H and O–H groups in total. The Labute approximate surface area is 154 Å². The van der Waals surface area contributed by atoms with Crippen LogP contribution in [-0.2, 0) is 14.3 Å². The molecule has 130 valence electrons. The third-order valence-corrected chi connectivity index (χ3v) is 5.58. The van der Waals surface area contributed by atoms with Crippen molar-refractivity contribution in [3.63, 3.8) is 0 Å². The van der Waals surface area contributed by atoms with Crippen LogP contribution in [0.2, 0.25) is 5.15 Å². The van der Waals surface area contributed by atoms with Crippen LogP contribution in [0, 0.1) is 6.92 Å². The highest BCUT2D eigenvalue weighted by Gasteiger charge is 2.51. The van der Waals surface area contributed by atoms with Gasteiger partial charge < -0.3 is 9.47 Å². The highest BCUT2D eigenvalue weighted by Crippen LogP contribution is 2.49. The SMILES string of the molecule is CCNCOC1=C(c2cc(C)c(Br)nc2Cl)C(=O)OC12CCCC2. The third-order valence-electron chi connectivity index (χ3n) is 4.49. The van der Waals surface area contributed by atoms with Crippen LogP contribution in [0.4, 0.5) is 0 Å². The Morgan fingerprint density at radius 3 is 2.83 bits per heavy atom. The molecule has 1 aliphatic carbocycles. The minimum atomic E-state index is -0.647. The molecule has 24 heavy (non-hydrogen) atoms. The summed E-state index contributed by atoms with van der Waals surface area (Å²) in [5, 5.41) is 3.39. The summed E-state index contributed by atoms with van der Waals surface area (Å²) in [5.74, 6) is 0.213. The molecule has 1 aromatic rings. The van der Waals surface area contributed by atoms with Gasteiger partial charge in [0.25, 0.3) is 0 Å². The van der Waals surface area contributed by atoms with Crippen LogP contribution in [0.25, 0.3) is 5.57 Å². The number of carbonyl (C=O) groups excluding carboxylic acids is 1. The number of halogens is 2. The van der Waals surface area contributed by atoms with Crippen LogP contribution < -0.4 is 5.32 Å². The normalized spacial score (nSPS) is 19.2. The molecule has 1 spiro atoms. The number of esters is 1. The lowest BCUT2D eigenvalue weighted by Gasteiger charge is -2.25. The summed E-state index contributed by atoms with van der Waals surface area (Å²) < 4.78 is 12.4. The van der Waals surface area contributed by atoms with Gasteiger partial charge in [0.2, 0.25) is 0 Å². The van der Waals surface area contributed by atoms with Gasteiger partial charge in [-0.15, -0.1) is 0 Å². The Bertz CT molecular complexity index is 699. The topological polar surface area (TPSA) is 60.5 Å². The second-order valence-corrected chi connectivity index (χ2v) is 7.23. The van der Waals surface area contributed by atoms with Crippen LogP contribution in [-0.4, -0.2) is 29.8 Å². The number of aryl methyl sites for hydroxylation is 1. The molecule has 0 aromatic carbocycles. The second kappa shape index (κ2) is 7.02. The first-order chi connectivity index (χ1) is 11.5. The molecule has 0 bridgehead atoms. The maximum atomic E-state index is 12.6. The van der Waals surface area contributed by atoms with E-state index in [2.05, 4.69) is 26.2 Å². The van der Waals surface area contributed by atoms with E-state index in [1.54, 1.807) is 0 Å². The van der Waals surface area contributed by atoms with Crippen molar-refractivity contribution in [2.45, 2.75) is 45.1 Å². The summed E-state index contributed by atoms with van der Waals surface area (Å²) in [4.78, 5) is 16.9. The highest BCUT2D eigenvalue weighted by atomic mass is 79.9. The lowest BCUT2D eigenvalue weighted by atomic mass is 9.95. The first-order valence-corrected chi connectivity index (χ1v) is 9.30. The van der Waals surface area contributed by atoms with E-state index >= 15 is 0 Å². The summed E-state index contributed by atoms with van der Waals surface area (Å²) in [6, 6.07) is 1.85. The Morgan fingerprint density at radius 2 is 2.17 bits per heavy atom. The van der Waals surface area contributed by atoms with E-state index in [1.807, 2.05) is 19.9 Å². The second-order valence-electron chi connectivity index (χ2n) is 6.12. The summed E-state index contributed by atoms with van der Waals surface area (Å²) in [7, 11) is 0. The lowest BCUT2D eigenvalue weighted by Crippen LogP contribution is -2.31. The van der Waals surface area contributed by atoms with Gasteiger partial charge in [-0.1, -0.05) is 18.5 Å². The van der Waals surface area contributed by atoms with Gasteiger partial charge in [0, 0.05) is 5.56 Å². The summed E-state index contributed by atoms with van der Waals surface area (Å²) in [6.07, 6.45) is 3.59. The Hall–Kier alpha value is -1.11. The van der Waals surface area contributed by atoms with Crippen LogP contribution in [0.1, 0.15) is 43.7 Å². The minimum Gasteiger partial charge on any atom is -0.478 e. The van der Waals surface area contributed by atoms with Gasteiger partial charge in [-0.25, -0.2) is 9.78 Å². The van der Waals surface area contributed by atoms with Crippen molar-refractivity contribution in [1.82, 2.24) is 10.3 Å². The minimum absolute atomic E-state index is 0.263. The number of nitrogens with zero attached hydrogens (tertiary/aromatic N) is 1. The van der Waals surface area contributed by atoms with Crippen molar-refractivity contribution in [3.05, 3.63) is 32.7 Å². The molecule has 3 rings (SSSR count). The number of rotatable bonds is 5. The summed E-state index contributed by atoms with van der Waals surface area (Å²) >= 11 is 9.68. The lowest BCUT2D eigenvalue weighted by molar-refractivity contribution is -0.146. The van der Waals surface area contributed by atoms with Crippen molar-refractivity contribution in [3.8, 4) is 0 Å². The number of nitrogens with one attached hydrogen (secondary N) is 1. The molecule has 1 fully saturated rings. The van der Waals surface area contributed by atoms with Gasteiger partial charge >= 0.3 is 5.97 Å². The monoisotopic (exact) mass is 414 g/mol. The van der Waals surface area contributed by atoms with Crippen LogP contribution in [0.15, 0.2) is 16.4 Å². The van der Waals surface area contributed by atoms with E-state index in [-0.39, 0.29) is 11.1 Å². The molecular formula is C17H20BrClN2O3. The molecule has 7 heteroatoms. The van der Waals surface area contributed by atoms with E-state index in [0.717, 1.165) is 37.8 Å². The fourth-order valence-electron chi connectivity index (χ4n) is 3.28. The third kappa shape index (κ3) is 3.07. The maximum absolute atomic E-state index is 12.6. The van der Waals surface area contributed by atoms with E-state index in [1.165, 1.54) is 0 Å². The Balaban J connectivity index is 2.10. The zero-order valence-corrected chi connectivity index (χ0v) is 16.1. The molecule has 5 nitrogen and oxygen atoms in total. The van der Waals surface area contributed by atoms with Gasteiger partial charge in [-0.3, -0.25) is 5.32 Å². The summed E-state index contributed by atoms with van der Waals surface area (Å²) in [6.45, 7) is 5.01. The first-order valence-electron chi connectivity index (χ1n) is 8.13. The number of pyridine rings is 1. The maximum Gasteiger partial charge on any atom is 0.343 e. The molecule has 1 aromatic heterocycles. The number of ether oxygens (including phenoxy) is 2. The van der Waals surface area contributed by atoms with Crippen molar-refractivity contribution in [1.29, 1.82) is 0 Å². The quantitative estimate of drug-likeness (QED) is 0.341. The Kier molecular flexibility index (Phi) is 5.18. The standard InChI is InChI=1S/C17H20BrClN2O3/c1-3-20-9-23-13-12(11-8-10(2)14(18)21-15(11)19)16(22)24-17(13)6-4-5-7-17/h8,20H,3-7,9H2,1-2H3. The van der Waals surface area contributed by atoms with Gasteiger partial charge in [-0.2, -0.15) is 0 Å². The van der Waals surface area contributed by atoms with Crippen molar-refractivity contribution >= 4 is 39.1 Å². The number of aromatic nitrogens is 1. The van der Waals surface area contributed by atoms with Crippen molar-refractivity contribution < 1.29 is 14.3 Å². The predicted molar refractivity (Wildman–Crippen MR) is 95.5 cm³/mol. The van der Waals surface area contributed by atoms with E-state index in [0.29, 0.717) is 28.2 Å². The molecule has 1 aliphatic heterocycles. The molecule has 0 amide bonds. The number of hydrogen-bond donors (Lipinski definition) is 1. The highest BCUT2D eigenvalue weighted by molar-refractivity contribution is 9.10. The fraction of sp³-hybridized carbons (Fsp3) is 0.529. The van der Waals surface area contributed by atoms with Crippen LogP contribution in [0.3, 0.4) is 0 Å². The molecule has 0 radical (unpaired) electrons. The zero-order chi connectivity index (χ0) is 17.3. The van der Waals surface area contributed by atoms with Crippen LogP contribution in [0.5, 0.6) is 0 Å². The molecule has 0 unspecified atom stereocenters. The Morgan fingerprint density at radius 1 is 1.46 bits per heavy atom. The molecular weight excluding hydrogens is 396 g/mol. The molecule has 0 saturated heterocycles. The fourth-order valence-corrected chi connectivity index (χ4v) is 3.90. The van der Waals surface area contributed by atoms with E-state index < -0.39 is 5.60 Å². The van der Waals surface area contributed by atoms with Crippen molar-refractivity contribution in [2.75, 3.05) is 13.3 Å². The largest absolute Gasteiger partial charge is 0.478 e. The smallest absolute Gasteiger partial charge is 0.343 e. The van der Waals surface area contributed by atoms with Gasteiger partial charge in [-0.05, 0) is 66.7 Å². The number of hydrogen-bond acceptors (Lipinski definition) is 5. The number of carbonyl (C=O) groups is 1. The predicted octanol–water partition coefficient (Wildman–Crippen LogP) is 3.97. The molecule has 1 saturated carbocycles. The van der Waals surface area contributed by atoms with Gasteiger partial charge in [0.15, 0.2) is 11.4 Å². The van der Waals surface area contributed by atoms with Crippen LogP contribution >= 0.6 is 27.5 Å². The molecule has 0 atom stereocenters. The van der Waals surface area contributed by atoms with Gasteiger partial charge in [0.1, 0.15) is 22.1 Å². The molecule has 2 aliphatic rings. The average Bonchev–Trinajstić information content (AvgIpc) is 3.10. The average molecular weight is 416 g/mol. The zero-order valence-electron chi connectivity index (χ0n) is 13.7. The van der Waals surface area contributed by atoms with Crippen molar-refractivity contribution in [2.24, 2.45) is 0 Å². The summed E-state index contributed by atoms with van der Waals surface area (Å²) in [5.41, 5.74) is 1.22. The van der Waals surface area contributed by atoms with E-state index in [4.69, 9.17) is 21.1 Å². The first kappa shape index (κ1) is 17.7.